The summed E-state index contributed by atoms with van der Waals surface area (Å²) in [5.41, 5.74) is 8.29. The first-order valence-electron chi connectivity index (χ1n) is 6.59. The molecule has 0 fully saturated rings. The summed E-state index contributed by atoms with van der Waals surface area (Å²) < 4.78 is 26.4. The molecule has 0 radical (unpaired) electrons. The third-order valence-corrected chi connectivity index (χ3v) is 3.22. The van der Waals surface area contributed by atoms with Gasteiger partial charge in [0.05, 0.1) is 0 Å². The van der Waals surface area contributed by atoms with Crippen LogP contribution >= 0.6 is 0 Å². The molecule has 0 aliphatic heterocycles. The van der Waals surface area contributed by atoms with Gasteiger partial charge in [-0.1, -0.05) is 25.1 Å². The molecule has 0 heterocycles. The van der Waals surface area contributed by atoms with Crippen molar-refractivity contribution in [3.63, 3.8) is 0 Å². The Morgan fingerprint density at radius 1 is 1.00 bits per heavy atom. The summed E-state index contributed by atoms with van der Waals surface area (Å²) >= 11 is 0. The Hall–Kier alpha value is -1.94. The number of hydrogen-bond acceptors (Lipinski definition) is 2. The van der Waals surface area contributed by atoms with Gasteiger partial charge < -0.3 is 5.73 Å². The second-order valence-corrected chi connectivity index (χ2v) is 4.78. The summed E-state index contributed by atoms with van der Waals surface area (Å²) in [4.78, 5) is 2.08. The molecular weight excluding hydrogens is 258 g/mol. The van der Waals surface area contributed by atoms with E-state index in [1.54, 1.807) is 0 Å². The lowest BCUT2D eigenvalue weighted by atomic mass is 10.1. The fourth-order valence-electron chi connectivity index (χ4n) is 2.16. The van der Waals surface area contributed by atoms with Crippen LogP contribution < -0.4 is 5.73 Å². The molecular formula is C16H18F2N2. The number of anilines is 1. The van der Waals surface area contributed by atoms with Crippen molar-refractivity contribution in [1.29, 1.82) is 0 Å². The van der Waals surface area contributed by atoms with Gasteiger partial charge in [-0.25, -0.2) is 8.78 Å². The zero-order chi connectivity index (χ0) is 14.5. The SMILES string of the molecule is CCN(Cc1cc(F)cc(F)c1)Cc1ccccc1N. The van der Waals surface area contributed by atoms with Crippen molar-refractivity contribution in [3.8, 4) is 0 Å². The van der Waals surface area contributed by atoms with Crippen LogP contribution in [0.1, 0.15) is 18.1 Å². The van der Waals surface area contributed by atoms with E-state index in [0.29, 0.717) is 18.7 Å². The highest BCUT2D eigenvalue weighted by Crippen LogP contribution is 2.16. The highest BCUT2D eigenvalue weighted by molar-refractivity contribution is 5.46. The van der Waals surface area contributed by atoms with Crippen LogP contribution in [0.4, 0.5) is 14.5 Å². The molecule has 2 N–H and O–H groups in total. The standard InChI is InChI=1S/C16H18F2N2/c1-2-20(11-13-5-3-4-6-16(13)19)10-12-7-14(17)9-15(18)8-12/h3-9H,2,10-11,19H2,1H3. The van der Waals surface area contributed by atoms with Gasteiger partial charge >= 0.3 is 0 Å². The Bertz CT molecular complexity index is 564. The van der Waals surface area contributed by atoms with E-state index in [1.807, 2.05) is 31.2 Å². The third kappa shape index (κ3) is 3.78. The maximum Gasteiger partial charge on any atom is 0.126 e. The second-order valence-electron chi connectivity index (χ2n) is 4.78. The van der Waals surface area contributed by atoms with Gasteiger partial charge in [-0.05, 0) is 35.9 Å². The van der Waals surface area contributed by atoms with Crippen LogP contribution in [0, 0.1) is 11.6 Å². The van der Waals surface area contributed by atoms with E-state index in [0.717, 1.165) is 23.9 Å². The van der Waals surface area contributed by atoms with Gasteiger partial charge in [0.2, 0.25) is 0 Å². The molecule has 0 unspecified atom stereocenters. The summed E-state index contributed by atoms with van der Waals surface area (Å²) in [6.45, 7) is 3.92. The first kappa shape index (κ1) is 14.5. The molecule has 0 aliphatic rings. The smallest absolute Gasteiger partial charge is 0.126 e. The molecule has 106 valence electrons. The molecule has 0 atom stereocenters. The van der Waals surface area contributed by atoms with Crippen molar-refractivity contribution in [3.05, 3.63) is 65.2 Å². The van der Waals surface area contributed by atoms with Crippen LogP contribution in [0.5, 0.6) is 0 Å². The Kier molecular flexibility index (Phi) is 4.69. The quantitative estimate of drug-likeness (QED) is 0.846. The molecule has 0 saturated heterocycles. The van der Waals surface area contributed by atoms with E-state index in [4.69, 9.17) is 5.73 Å². The first-order valence-corrected chi connectivity index (χ1v) is 6.59. The van der Waals surface area contributed by atoms with Gasteiger partial charge in [-0.15, -0.1) is 0 Å². The number of nitrogens with zero attached hydrogens (tertiary/aromatic N) is 1. The van der Waals surface area contributed by atoms with Gasteiger partial charge in [0.15, 0.2) is 0 Å². The zero-order valence-corrected chi connectivity index (χ0v) is 11.4. The molecule has 4 heteroatoms. The fourth-order valence-corrected chi connectivity index (χ4v) is 2.16. The molecule has 2 rings (SSSR count). The minimum Gasteiger partial charge on any atom is -0.398 e. The Morgan fingerprint density at radius 2 is 1.65 bits per heavy atom. The Labute approximate surface area is 117 Å². The lowest BCUT2D eigenvalue weighted by Gasteiger charge is -2.21. The number of nitrogens with two attached hydrogens (primary N) is 1. The molecule has 2 aromatic rings. The largest absolute Gasteiger partial charge is 0.398 e. The summed E-state index contributed by atoms with van der Waals surface area (Å²) in [7, 11) is 0. The molecule has 0 aliphatic carbocycles. The van der Waals surface area contributed by atoms with Crippen LogP contribution in [0.25, 0.3) is 0 Å². The van der Waals surface area contributed by atoms with Crippen LogP contribution in [0.15, 0.2) is 42.5 Å². The first-order chi connectivity index (χ1) is 9.58. The average molecular weight is 276 g/mol. The molecule has 0 aromatic heterocycles. The topological polar surface area (TPSA) is 29.3 Å². The van der Waals surface area contributed by atoms with Crippen molar-refractivity contribution in [2.75, 3.05) is 12.3 Å². The number of nitrogen functional groups attached to an aromatic ring is 1. The maximum absolute atomic E-state index is 13.2. The van der Waals surface area contributed by atoms with Crippen LogP contribution in [0.2, 0.25) is 0 Å². The van der Waals surface area contributed by atoms with E-state index >= 15 is 0 Å². The molecule has 2 aromatic carbocycles. The predicted molar refractivity (Wildman–Crippen MR) is 77.0 cm³/mol. The van der Waals surface area contributed by atoms with E-state index in [1.165, 1.54) is 12.1 Å². The number of hydrogen-bond donors (Lipinski definition) is 1. The normalized spacial score (nSPS) is 11.0. The van der Waals surface area contributed by atoms with Crippen molar-refractivity contribution >= 4 is 5.69 Å². The Balaban J connectivity index is 2.11. The van der Waals surface area contributed by atoms with E-state index in [2.05, 4.69) is 4.90 Å². The fraction of sp³-hybridized carbons (Fsp3) is 0.250. The lowest BCUT2D eigenvalue weighted by Crippen LogP contribution is -2.23. The molecule has 0 saturated carbocycles. The van der Waals surface area contributed by atoms with Crippen molar-refractivity contribution in [2.45, 2.75) is 20.0 Å². The minimum absolute atomic E-state index is 0.486. The molecule has 0 bridgehead atoms. The van der Waals surface area contributed by atoms with Crippen LogP contribution in [-0.2, 0) is 13.1 Å². The molecule has 20 heavy (non-hydrogen) atoms. The molecule has 0 spiro atoms. The summed E-state index contributed by atoms with van der Waals surface area (Å²) in [5, 5.41) is 0. The lowest BCUT2D eigenvalue weighted by molar-refractivity contribution is 0.271. The van der Waals surface area contributed by atoms with Crippen molar-refractivity contribution < 1.29 is 8.78 Å². The highest BCUT2D eigenvalue weighted by atomic mass is 19.1. The monoisotopic (exact) mass is 276 g/mol. The summed E-state index contributed by atoms with van der Waals surface area (Å²) in [6, 6.07) is 11.2. The maximum atomic E-state index is 13.2. The summed E-state index contributed by atoms with van der Waals surface area (Å²) in [5.74, 6) is -1.09. The zero-order valence-electron chi connectivity index (χ0n) is 11.4. The predicted octanol–water partition coefficient (Wildman–Crippen LogP) is 3.57. The van der Waals surface area contributed by atoms with E-state index in [9.17, 15) is 8.78 Å². The van der Waals surface area contributed by atoms with Gasteiger partial charge in [-0.2, -0.15) is 0 Å². The average Bonchev–Trinajstić information content (AvgIpc) is 2.39. The number of rotatable bonds is 5. The molecule has 0 amide bonds. The van der Waals surface area contributed by atoms with Gasteiger partial charge in [0.1, 0.15) is 11.6 Å². The van der Waals surface area contributed by atoms with Gasteiger partial charge in [0, 0.05) is 24.8 Å². The highest BCUT2D eigenvalue weighted by Gasteiger charge is 2.09. The number of benzene rings is 2. The second kappa shape index (κ2) is 6.48. The number of halogens is 2. The van der Waals surface area contributed by atoms with Crippen molar-refractivity contribution in [1.82, 2.24) is 4.90 Å². The Morgan fingerprint density at radius 3 is 2.25 bits per heavy atom. The van der Waals surface area contributed by atoms with Gasteiger partial charge in [-0.3, -0.25) is 4.90 Å². The minimum atomic E-state index is -0.546. The van der Waals surface area contributed by atoms with E-state index in [-0.39, 0.29) is 0 Å². The third-order valence-electron chi connectivity index (χ3n) is 3.22. The molecule has 2 nitrogen and oxygen atoms in total. The van der Waals surface area contributed by atoms with Crippen LogP contribution in [0.3, 0.4) is 0 Å². The van der Waals surface area contributed by atoms with E-state index < -0.39 is 11.6 Å². The number of para-hydroxylation sites is 1. The van der Waals surface area contributed by atoms with Gasteiger partial charge in [0.25, 0.3) is 0 Å². The van der Waals surface area contributed by atoms with Crippen LogP contribution in [-0.4, -0.2) is 11.4 Å². The van der Waals surface area contributed by atoms with Crippen molar-refractivity contribution in [2.24, 2.45) is 0 Å². The summed E-state index contributed by atoms with van der Waals surface area (Å²) in [6.07, 6.45) is 0.